The normalized spacial score (nSPS) is 10.3. The number of benzene rings is 1. The van der Waals surface area contributed by atoms with Crippen LogP contribution >= 0.6 is 11.3 Å². The van der Waals surface area contributed by atoms with Gasteiger partial charge in [0.1, 0.15) is 10.6 Å². The summed E-state index contributed by atoms with van der Waals surface area (Å²) in [5.41, 5.74) is 0.389. The number of amides is 1. The number of rotatable bonds is 7. The third kappa shape index (κ3) is 4.62. The highest BCUT2D eigenvalue weighted by molar-refractivity contribution is 7.18. The molecule has 138 valence electrons. The maximum absolute atomic E-state index is 12.1. The molecular formula is C19H15NO6S. The van der Waals surface area contributed by atoms with E-state index in [4.69, 9.17) is 13.9 Å². The number of methoxy groups -OCH3 is 1. The Hall–Kier alpha value is -3.39. The van der Waals surface area contributed by atoms with Crippen LogP contribution in [0.5, 0.6) is 5.75 Å². The first-order valence-corrected chi connectivity index (χ1v) is 8.67. The molecular weight excluding hydrogens is 370 g/mol. The lowest BCUT2D eigenvalue weighted by molar-refractivity contribution is 0.0479. The van der Waals surface area contributed by atoms with Gasteiger partial charge >= 0.3 is 5.97 Å². The van der Waals surface area contributed by atoms with Crippen molar-refractivity contribution < 1.29 is 28.3 Å². The SMILES string of the molecule is COc1cccc(C(=O)COC(=O)c2ccc(NC(=O)c3ccco3)s2)c1. The average Bonchev–Trinajstić information content (AvgIpc) is 3.38. The van der Waals surface area contributed by atoms with Gasteiger partial charge in [0.2, 0.25) is 0 Å². The summed E-state index contributed by atoms with van der Waals surface area (Å²) in [6, 6.07) is 12.8. The summed E-state index contributed by atoms with van der Waals surface area (Å²) in [4.78, 5) is 36.4. The van der Waals surface area contributed by atoms with Gasteiger partial charge in [-0.15, -0.1) is 11.3 Å². The van der Waals surface area contributed by atoms with Gasteiger partial charge in [-0.2, -0.15) is 0 Å². The summed E-state index contributed by atoms with van der Waals surface area (Å²) in [6.07, 6.45) is 1.39. The molecule has 1 N–H and O–H groups in total. The molecule has 1 amide bonds. The first kappa shape index (κ1) is 18.4. The van der Waals surface area contributed by atoms with E-state index in [1.54, 1.807) is 36.4 Å². The number of ether oxygens (including phenoxy) is 2. The fraction of sp³-hybridized carbons (Fsp3) is 0.105. The Bertz CT molecular complexity index is 960. The summed E-state index contributed by atoms with van der Waals surface area (Å²) in [5.74, 6) is -0.700. The second kappa shape index (κ2) is 8.33. The van der Waals surface area contributed by atoms with Crippen molar-refractivity contribution in [2.45, 2.75) is 0 Å². The molecule has 2 heterocycles. The van der Waals surface area contributed by atoms with Gasteiger partial charge in [0.05, 0.1) is 18.4 Å². The van der Waals surface area contributed by atoms with Crippen LogP contribution in [0, 0.1) is 0 Å². The van der Waals surface area contributed by atoms with Gasteiger partial charge in [-0.05, 0) is 36.4 Å². The zero-order chi connectivity index (χ0) is 19.2. The van der Waals surface area contributed by atoms with Crippen molar-refractivity contribution in [1.82, 2.24) is 0 Å². The second-order valence-electron chi connectivity index (χ2n) is 5.33. The van der Waals surface area contributed by atoms with Gasteiger partial charge in [-0.1, -0.05) is 12.1 Å². The maximum atomic E-state index is 12.1. The quantitative estimate of drug-likeness (QED) is 0.493. The summed E-state index contributed by atoms with van der Waals surface area (Å²) in [6.45, 7) is -0.391. The molecule has 0 aliphatic carbocycles. The van der Waals surface area contributed by atoms with Gasteiger partial charge in [0, 0.05) is 5.56 Å². The van der Waals surface area contributed by atoms with Crippen molar-refractivity contribution in [3.8, 4) is 5.75 Å². The van der Waals surface area contributed by atoms with Gasteiger partial charge in [-0.3, -0.25) is 9.59 Å². The first-order chi connectivity index (χ1) is 13.1. The number of Topliss-reactive ketones (excluding diaryl/α,β-unsaturated/α-hetero) is 1. The van der Waals surface area contributed by atoms with Crippen LogP contribution in [0.3, 0.4) is 0 Å². The van der Waals surface area contributed by atoms with Gasteiger partial charge in [-0.25, -0.2) is 4.79 Å². The Morgan fingerprint density at radius 1 is 1.11 bits per heavy atom. The van der Waals surface area contributed by atoms with Crippen molar-refractivity contribution in [2.75, 3.05) is 19.0 Å². The summed E-state index contributed by atoms with van der Waals surface area (Å²) < 4.78 is 15.1. The molecule has 3 aromatic rings. The maximum Gasteiger partial charge on any atom is 0.348 e. The van der Waals surface area contributed by atoms with Crippen LogP contribution in [0.2, 0.25) is 0 Å². The van der Waals surface area contributed by atoms with E-state index in [1.807, 2.05) is 0 Å². The van der Waals surface area contributed by atoms with Crippen LogP contribution in [-0.2, 0) is 4.74 Å². The number of carbonyl (C=O) groups excluding carboxylic acids is 3. The summed E-state index contributed by atoms with van der Waals surface area (Å²) >= 11 is 1.04. The smallest absolute Gasteiger partial charge is 0.348 e. The zero-order valence-corrected chi connectivity index (χ0v) is 15.1. The number of carbonyl (C=O) groups is 3. The molecule has 0 saturated heterocycles. The summed E-state index contributed by atoms with van der Waals surface area (Å²) in [5, 5.41) is 3.08. The van der Waals surface area contributed by atoms with E-state index in [9.17, 15) is 14.4 Å². The molecule has 0 fully saturated rings. The number of hydrogen-bond acceptors (Lipinski definition) is 7. The molecule has 0 unspecified atom stereocenters. The first-order valence-electron chi connectivity index (χ1n) is 7.86. The second-order valence-corrected chi connectivity index (χ2v) is 6.41. The molecule has 2 aromatic heterocycles. The lowest BCUT2D eigenvalue weighted by Crippen LogP contribution is -2.13. The molecule has 1 aromatic carbocycles. The third-order valence-electron chi connectivity index (χ3n) is 3.51. The van der Waals surface area contributed by atoms with Crippen LogP contribution < -0.4 is 10.1 Å². The van der Waals surface area contributed by atoms with E-state index < -0.39 is 18.5 Å². The van der Waals surface area contributed by atoms with Gasteiger partial charge in [0.25, 0.3) is 5.91 Å². The van der Waals surface area contributed by atoms with Crippen molar-refractivity contribution >= 4 is 34.0 Å². The number of ketones is 1. The Morgan fingerprint density at radius 2 is 1.96 bits per heavy atom. The Labute approximate surface area is 158 Å². The highest BCUT2D eigenvalue weighted by Gasteiger charge is 2.16. The van der Waals surface area contributed by atoms with E-state index in [0.29, 0.717) is 16.3 Å². The molecule has 7 nitrogen and oxygen atoms in total. The molecule has 0 atom stereocenters. The molecule has 0 saturated carbocycles. The fourth-order valence-corrected chi connectivity index (χ4v) is 2.97. The van der Waals surface area contributed by atoms with Crippen LogP contribution in [0.4, 0.5) is 5.00 Å². The molecule has 3 rings (SSSR count). The topological polar surface area (TPSA) is 94.8 Å². The molecule has 27 heavy (non-hydrogen) atoms. The molecule has 0 aliphatic rings. The number of hydrogen-bond donors (Lipinski definition) is 1. The van der Waals surface area contributed by atoms with Crippen molar-refractivity contribution in [1.29, 1.82) is 0 Å². The van der Waals surface area contributed by atoms with Crippen LogP contribution in [0.25, 0.3) is 0 Å². The average molecular weight is 385 g/mol. The highest BCUT2D eigenvalue weighted by Crippen LogP contribution is 2.23. The minimum Gasteiger partial charge on any atom is -0.497 e. The standard InChI is InChI=1S/C19H15NO6S/c1-24-13-5-2-4-12(10-13)14(21)11-26-19(23)16-7-8-17(27-16)20-18(22)15-6-3-9-25-15/h2-10H,11H2,1H3,(H,20,22). The van der Waals surface area contributed by atoms with E-state index in [1.165, 1.54) is 25.5 Å². The molecule has 0 bridgehead atoms. The molecule has 0 spiro atoms. The van der Waals surface area contributed by atoms with E-state index >= 15 is 0 Å². The third-order valence-corrected chi connectivity index (χ3v) is 4.50. The minimum atomic E-state index is -0.644. The van der Waals surface area contributed by atoms with Crippen LogP contribution in [-0.4, -0.2) is 31.4 Å². The number of nitrogens with one attached hydrogen (secondary N) is 1. The van der Waals surface area contributed by atoms with Gasteiger partial charge in [0.15, 0.2) is 18.2 Å². The lowest BCUT2D eigenvalue weighted by atomic mass is 10.1. The van der Waals surface area contributed by atoms with E-state index in [2.05, 4.69) is 5.32 Å². The van der Waals surface area contributed by atoms with Crippen molar-refractivity contribution in [2.24, 2.45) is 0 Å². The predicted molar refractivity (Wildman–Crippen MR) is 98.6 cm³/mol. The molecule has 0 radical (unpaired) electrons. The Morgan fingerprint density at radius 3 is 2.70 bits per heavy atom. The largest absolute Gasteiger partial charge is 0.497 e. The van der Waals surface area contributed by atoms with Crippen LogP contribution in [0.1, 0.15) is 30.6 Å². The monoisotopic (exact) mass is 385 g/mol. The van der Waals surface area contributed by atoms with Gasteiger partial charge < -0.3 is 19.2 Å². The van der Waals surface area contributed by atoms with Crippen molar-refractivity contribution in [3.05, 3.63) is 71.0 Å². The zero-order valence-electron chi connectivity index (χ0n) is 14.3. The predicted octanol–water partition coefficient (Wildman–Crippen LogP) is 3.64. The lowest BCUT2D eigenvalue weighted by Gasteiger charge is -2.05. The van der Waals surface area contributed by atoms with Crippen molar-refractivity contribution in [3.63, 3.8) is 0 Å². The Balaban J connectivity index is 1.56. The molecule has 8 heteroatoms. The van der Waals surface area contributed by atoms with E-state index in [-0.39, 0.29) is 16.4 Å². The number of esters is 1. The Kier molecular flexibility index (Phi) is 5.68. The molecule has 0 aliphatic heterocycles. The number of thiophene rings is 1. The van der Waals surface area contributed by atoms with Crippen LogP contribution in [0.15, 0.2) is 59.2 Å². The highest BCUT2D eigenvalue weighted by atomic mass is 32.1. The fourth-order valence-electron chi connectivity index (χ4n) is 2.18. The minimum absolute atomic E-state index is 0.163. The van der Waals surface area contributed by atoms with E-state index in [0.717, 1.165) is 11.3 Å². The summed E-state index contributed by atoms with van der Waals surface area (Å²) in [7, 11) is 1.50. The number of furan rings is 1. The number of anilines is 1.